The van der Waals surface area contributed by atoms with Crippen molar-refractivity contribution >= 4 is 19.8 Å². The topological polar surface area (TPSA) is 108 Å². The summed E-state index contributed by atoms with van der Waals surface area (Å²) in [4.78, 5) is 35.3. The number of carbonyl (C=O) groups excluding carboxylic acids is 2. The number of ether oxygens (including phenoxy) is 2. The zero-order valence-electron chi connectivity index (χ0n) is 35.2. The first-order valence-electron chi connectivity index (χ1n) is 21.4. The molecule has 0 saturated heterocycles. The Bertz CT molecular complexity index is 1070. The van der Waals surface area contributed by atoms with E-state index in [9.17, 15) is 19.0 Å². The molecule has 0 fully saturated rings. The van der Waals surface area contributed by atoms with E-state index in [1.165, 1.54) is 51.4 Å². The van der Waals surface area contributed by atoms with Crippen LogP contribution in [0.15, 0.2) is 48.6 Å². The van der Waals surface area contributed by atoms with Crippen molar-refractivity contribution in [3.05, 3.63) is 48.6 Å². The Kier molecular flexibility index (Phi) is 35.2. The minimum atomic E-state index is -4.38. The molecule has 314 valence electrons. The van der Waals surface area contributed by atoms with Crippen LogP contribution in [0.4, 0.5) is 0 Å². The number of unbranched alkanes of at least 4 members (excludes halogenated alkanes) is 18. The van der Waals surface area contributed by atoms with E-state index < -0.39 is 26.5 Å². The van der Waals surface area contributed by atoms with Gasteiger partial charge in [0.15, 0.2) is 6.10 Å². The number of phosphoric acid groups is 1. The second-order valence-electron chi connectivity index (χ2n) is 15.4. The van der Waals surface area contributed by atoms with Crippen molar-refractivity contribution in [2.45, 2.75) is 174 Å². The molecule has 0 aromatic rings. The zero-order valence-corrected chi connectivity index (χ0v) is 36.1. The van der Waals surface area contributed by atoms with Crippen molar-refractivity contribution in [2.24, 2.45) is 0 Å². The average molecular weight is 783 g/mol. The minimum absolute atomic E-state index is 0.0244. The lowest BCUT2D eigenvalue weighted by Gasteiger charge is -2.24. The average Bonchev–Trinajstić information content (AvgIpc) is 3.12. The summed E-state index contributed by atoms with van der Waals surface area (Å²) in [6, 6.07) is 0. The van der Waals surface area contributed by atoms with Crippen LogP contribution >= 0.6 is 7.82 Å². The van der Waals surface area contributed by atoms with E-state index in [-0.39, 0.29) is 32.0 Å². The van der Waals surface area contributed by atoms with Crippen molar-refractivity contribution in [3.8, 4) is 0 Å². The van der Waals surface area contributed by atoms with Gasteiger partial charge in [0, 0.05) is 12.8 Å². The molecule has 0 radical (unpaired) electrons. The van der Waals surface area contributed by atoms with Crippen LogP contribution < -0.4 is 0 Å². The van der Waals surface area contributed by atoms with Crippen molar-refractivity contribution < 1.29 is 42.1 Å². The SMILES string of the molecule is CCCCCC/C=C/C=C\CCCCCCCC(=O)OC[C@H](COP(=O)(O)OCC[N+](C)(C)C)OC(=O)CCCCCCC/C=C\C=C\CCCCCC. The predicted molar refractivity (Wildman–Crippen MR) is 224 cm³/mol. The van der Waals surface area contributed by atoms with Crippen LogP contribution in [0.1, 0.15) is 168 Å². The maximum absolute atomic E-state index is 12.7. The van der Waals surface area contributed by atoms with Gasteiger partial charge in [0.25, 0.3) is 0 Å². The Hall–Kier alpha value is -2.03. The molecule has 0 bridgehead atoms. The molecule has 10 heteroatoms. The molecule has 0 rings (SSSR count). The van der Waals surface area contributed by atoms with Gasteiger partial charge >= 0.3 is 19.8 Å². The van der Waals surface area contributed by atoms with E-state index >= 15 is 0 Å². The third kappa shape index (κ3) is 39.7. The number of hydrogen-bond donors (Lipinski definition) is 1. The lowest BCUT2D eigenvalue weighted by Crippen LogP contribution is -2.37. The summed E-state index contributed by atoms with van der Waals surface area (Å²) in [5.74, 6) is -0.837. The first-order valence-corrected chi connectivity index (χ1v) is 22.9. The minimum Gasteiger partial charge on any atom is -0.462 e. The van der Waals surface area contributed by atoms with Gasteiger partial charge in [-0.1, -0.05) is 140 Å². The number of rotatable bonds is 38. The molecule has 0 aliphatic heterocycles. The third-order valence-electron chi connectivity index (χ3n) is 8.89. The van der Waals surface area contributed by atoms with Crippen molar-refractivity contribution in [1.82, 2.24) is 0 Å². The molecule has 0 aromatic carbocycles. The number of hydrogen-bond acceptors (Lipinski definition) is 7. The molecule has 0 amide bonds. The Morgan fingerprint density at radius 3 is 1.43 bits per heavy atom. The molecule has 0 saturated carbocycles. The lowest BCUT2D eigenvalue weighted by molar-refractivity contribution is -0.870. The summed E-state index contributed by atoms with van der Waals surface area (Å²) in [5.41, 5.74) is 0. The Morgan fingerprint density at radius 1 is 0.574 bits per heavy atom. The van der Waals surface area contributed by atoms with Crippen LogP contribution in [-0.2, 0) is 32.7 Å². The second kappa shape index (κ2) is 36.6. The highest BCUT2D eigenvalue weighted by Gasteiger charge is 2.27. The summed E-state index contributed by atoms with van der Waals surface area (Å²) in [6.45, 7) is 4.33. The molecule has 2 atom stereocenters. The van der Waals surface area contributed by atoms with Crippen LogP contribution in [0.5, 0.6) is 0 Å². The van der Waals surface area contributed by atoms with E-state index in [1.807, 2.05) is 21.1 Å². The highest BCUT2D eigenvalue weighted by atomic mass is 31.2. The van der Waals surface area contributed by atoms with Gasteiger partial charge in [0.05, 0.1) is 27.7 Å². The van der Waals surface area contributed by atoms with E-state index in [4.69, 9.17) is 18.5 Å². The number of allylic oxidation sites excluding steroid dienone is 8. The second-order valence-corrected chi connectivity index (χ2v) is 16.9. The van der Waals surface area contributed by atoms with Gasteiger partial charge in [-0.15, -0.1) is 0 Å². The largest absolute Gasteiger partial charge is 0.472 e. The molecule has 0 aromatic heterocycles. The van der Waals surface area contributed by atoms with Crippen molar-refractivity contribution in [2.75, 3.05) is 47.5 Å². The Balaban J connectivity index is 4.45. The van der Waals surface area contributed by atoms with Crippen LogP contribution in [-0.4, -0.2) is 74.9 Å². The summed E-state index contributed by atoms with van der Waals surface area (Å²) < 4.78 is 34.2. The van der Waals surface area contributed by atoms with E-state index in [0.717, 1.165) is 83.5 Å². The highest BCUT2D eigenvalue weighted by molar-refractivity contribution is 7.47. The van der Waals surface area contributed by atoms with Gasteiger partial charge in [-0.2, -0.15) is 0 Å². The van der Waals surface area contributed by atoms with Gasteiger partial charge in [-0.05, 0) is 64.2 Å². The number of quaternary nitrogens is 1. The van der Waals surface area contributed by atoms with Crippen molar-refractivity contribution in [3.63, 3.8) is 0 Å². The number of nitrogens with zero attached hydrogens (tertiary/aromatic N) is 1. The van der Waals surface area contributed by atoms with Crippen LogP contribution in [0.3, 0.4) is 0 Å². The van der Waals surface area contributed by atoms with E-state index in [2.05, 4.69) is 62.5 Å². The van der Waals surface area contributed by atoms with Gasteiger partial charge in [-0.3, -0.25) is 18.6 Å². The number of likely N-dealkylation sites (N-methyl/N-ethyl adjacent to an activating group) is 1. The summed E-state index contributed by atoms with van der Waals surface area (Å²) >= 11 is 0. The van der Waals surface area contributed by atoms with Crippen LogP contribution in [0.2, 0.25) is 0 Å². The lowest BCUT2D eigenvalue weighted by atomic mass is 10.1. The normalized spacial score (nSPS) is 14.1. The molecule has 1 N–H and O–H groups in total. The maximum Gasteiger partial charge on any atom is 0.472 e. The fraction of sp³-hybridized carbons (Fsp3) is 0.773. The van der Waals surface area contributed by atoms with Crippen LogP contribution in [0.25, 0.3) is 0 Å². The van der Waals surface area contributed by atoms with Gasteiger partial charge in [0.2, 0.25) is 0 Å². The highest BCUT2D eigenvalue weighted by Crippen LogP contribution is 2.43. The van der Waals surface area contributed by atoms with Gasteiger partial charge in [0.1, 0.15) is 19.8 Å². The molecule has 9 nitrogen and oxygen atoms in total. The number of phosphoric ester groups is 1. The monoisotopic (exact) mass is 783 g/mol. The van der Waals surface area contributed by atoms with Crippen molar-refractivity contribution in [1.29, 1.82) is 0 Å². The first-order chi connectivity index (χ1) is 26.0. The molecular weight excluding hydrogens is 701 g/mol. The van der Waals surface area contributed by atoms with E-state index in [1.54, 1.807) is 0 Å². The molecule has 0 aliphatic carbocycles. The first kappa shape index (κ1) is 52.0. The summed E-state index contributed by atoms with van der Waals surface area (Å²) in [6.07, 6.45) is 41.5. The molecular formula is C44H81NO8P+. The fourth-order valence-electron chi connectivity index (χ4n) is 5.46. The quantitative estimate of drug-likeness (QED) is 0.0217. The fourth-order valence-corrected chi connectivity index (χ4v) is 6.21. The summed E-state index contributed by atoms with van der Waals surface area (Å²) in [7, 11) is 1.45. The zero-order chi connectivity index (χ0) is 40.0. The van der Waals surface area contributed by atoms with Gasteiger partial charge < -0.3 is 18.9 Å². The standard InChI is InChI=1S/C44H80NO8P/c1-6-8-10-12-14-16-18-20-22-24-26-28-30-32-34-36-43(46)50-40-42(41-52-54(48,49)51-39-38-45(3,4)5)53-44(47)37-35-33-31-29-27-25-23-21-19-17-15-13-11-9-7-2/h16-23,42H,6-15,24-41H2,1-5H3/p+1/b18-16+,19-17+,22-20-,23-21-/t42-/m1/s1. The maximum atomic E-state index is 12.7. The number of carbonyl (C=O) groups is 2. The molecule has 0 spiro atoms. The third-order valence-corrected chi connectivity index (χ3v) is 9.87. The van der Waals surface area contributed by atoms with Gasteiger partial charge in [-0.25, -0.2) is 4.57 Å². The molecule has 0 aliphatic rings. The summed E-state index contributed by atoms with van der Waals surface area (Å²) in [5, 5.41) is 0. The predicted octanol–water partition coefficient (Wildman–Crippen LogP) is 11.9. The van der Waals surface area contributed by atoms with Crippen LogP contribution in [0, 0.1) is 0 Å². The smallest absolute Gasteiger partial charge is 0.462 e. The molecule has 1 unspecified atom stereocenters. The number of esters is 2. The Labute approximate surface area is 331 Å². The molecule has 0 heterocycles. The van der Waals surface area contributed by atoms with E-state index in [0.29, 0.717) is 17.4 Å². The molecule has 54 heavy (non-hydrogen) atoms. The Morgan fingerprint density at radius 2 is 0.981 bits per heavy atom.